The minimum atomic E-state index is -0.808. The summed E-state index contributed by atoms with van der Waals surface area (Å²) < 4.78 is 0. The second kappa shape index (κ2) is 4.46. The standard InChI is InChI=1S/C15H24O3/c1-8(2)11-7-15(4)9(3)5-10(16)6-12(15)14(18)13(11)17/h9,11-14,17-18H,1,5-7H2,2-4H3/t9-,11+,12+,13+,14-,15+/m0/s1. The van der Waals surface area contributed by atoms with Crippen molar-refractivity contribution in [1.82, 2.24) is 0 Å². The molecule has 0 aliphatic heterocycles. The Kier molecular flexibility index (Phi) is 3.41. The zero-order valence-corrected chi connectivity index (χ0v) is 11.5. The van der Waals surface area contributed by atoms with Crippen LogP contribution < -0.4 is 0 Å². The summed E-state index contributed by atoms with van der Waals surface area (Å²) in [5.74, 6) is 0.300. The Hall–Kier alpha value is -0.670. The minimum absolute atomic E-state index is 0.0584. The number of carbonyl (C=O) groups excluding carboxylic acids is 1. The molecule has 0 heterocycles. The second-order valence-corrected chi connectivity index (χ2v) is 6.60. The largest absolute Gasteiger partial charge is 0.390 e. The van der Waals surface area contributed by atoms with Crippen molar-refractivity contribution in [2.24, 2.45) is 23.2 Å². The van der Waals surface area contributed by atoms with Gasteiger partial charge in [0.1, 0.15) is 5.78 Å². The van der Waals surface area contributed by atoms with Crippen molar-refractivity contribution < 1.29 is 15.0 Å². The summed E-state index contributed by atoms with van der Waals surface area (Å²) in [6.45, 7) is 10.1. The number of fused-ring (bicyclic) bond motifs is 1. The molecule has 0 aromatic heterocycles. The highest BCUT2D eigenvalue weighted by atomic mass is 16.3. The number of hydrogen-bond donors (Lipinski definition) is 2. The minimum Gasteiger partial charge on any atom is -0.390 e. The number of aliphatic hydroxyl groups excluding tert-OH is 2. The van der Waals surface area contributed by atoms with Gasteiger partial charge >= 0.3 is 0 Å². The van der Waals surface area contributed by atoms with Gasteiger partial charge in [-0.2, -0.15) is 0 Å². The van der Waals surface area contributed by atoms with E-state index in [1.165, 1.54) is 0 Å². The van der Waals surface area contributed by atoms with Gasteiger partial charge in [0.25, 0.3) is 0 Å². The van der Waals surface area contributed by atoms with Crippen LogP contribution in [-0.4, -0.2) is 28.2 Å². The van der Waals surface area contributed by atoms with E-state index in [4.69, 9.17) is 0 Å². The van der Waals surface area contributed by atoms with Crippen molar-refractivity contribution >= 4 is 5.78 Å². The summed E-state index contributed by atoms with van der Waals surface area (Å²) in [5.41, 5.74) is 0.848. The Balaban J connectivity index is 2.35. The molecule has 2 rings (SSSR count). The number of ketones is 1. The van der Waals surface area contributed by atoms with E-state index in [2.05, 4.69) is 20.4 Å². The summed E-state index contributed by atoms with van der Waals surface area (Å²) in [5, 5.41) is 20.6. The maximum atomic E-state index is 11.7. The van der Waals surface area contributed by atoms with Gasteiger partial charge in [-0.15, -0.1) is 0 Å². The highest BCUT2D eigenvalue weighted by molar-refractivity contribution is 5.80. The molecule has 102 valence electrons. The molecule has 2 saturated carbocycles. The Morgan fingerprint density at radius 3 is 2.50 bits per heavy atom. The van der Waals surface area contributed by atoms with Crippen LogP contribution in [0.25, 0.3) is 0 Å². The number of rotatable bonds is 1. The van der Waals surface area contributed by atoms with E-state index in [0.717, 1.165) is 12.0 Å². The average molecular weight is 252 g/mol. The van der Waals surface area contributed by atoms with Crippen molar-refractivity contribution in [3.63, 3.8) is 0 Å². The molecule has 2 fully saturated rings. The quantitative estimate of drug-likeness (QED) is 0.701. The molecule has 0 aromatic rings. The first-order chi connectivity index (χ1) is 8.27. The summed E-state index contributed by atoms with van der Waals surface area (Å²) in [4.78, 5) is 11.7. The van der Waals surface area contributed by atoms with E-state index in [-0.39, 0.29) is 29.0 Å². The molecule has 0 aromatic carbocycles. The van der Waals surface area contributed by atoms with Crippen molar-refractivity contribution in [3.05, 3.63) is 12.2 Å². The maximum absolute atomic E-state index is 11.7. The van der Waals surface area contributed by atoms with Crippen molar-refractivity contribution in [2.75, 3.05) is 0 Å². The van der Waals surface area contributed by atoms with Crippen molar-refractivity contribution in [3.8, 4) is 0 Å². The van der Waals surface area contributed by atoms with Gasteiger partial charge in [0.2, 0.25) is 0 Å². The molecule has 0 unspecified atom stereocenters. The van der Waals surface area contributed by atoms with E-state index >= 15 is 0 Å². The molecule has 2 aliphatic carbocycles. The summed E-state index contributed by atoms with van der Waals surface area (Å²) >= 11 is 0. The van der Waals surface area contributed by atoms with Gasteiger partial charge in [0.05, 0.1) is 12.2 Å². The zero-order chi connectivity index (χ0) is 13.7. The number of Topliss-reactive ketones (excluding diaryl/α,β-unsaturated/α-hetero) is 1. The lowest BCUT2D eigenvalue weighted by atomic mass is 9.51. The van der Waals surface area contributed by atoms with Gasteiger partial charge in [-0.3, -0.25) is 4.79 Å². The molecule has 0 radical (unpaired) electrons. The number of carbonyl (C=O) groups is 1. The summed E-state index contributed by atoms with van der Waals surface area (Å²) in [7, 11) is 0. The Labute approximate surface area is 109 Å². The molecular weight excluding hydrogens is 228 g/mol. The van der Waals surface area contributed by atoms with Crippen LogP contribution in [0.15, 0.2) is 12.2 Å². The van der Waals surface area contributed by atoms with Crippen LogP contribution in [0.2, 0.25) is 0 Å². The van der Waals surface area contributed by atoms with E-state index in [9.17, 15) is 15.0 Å². The molecule has 0 amide bonds. The molecule has 6 atom stereocenters. The lowest BCUT2D eigenvalue weighted by Gasteiger charge is -2.55. The fourth-order valence-corrected chi connectivity index (χ4v) is 3.90. The first-order valence-corrected chi connectivity index (χ1v) is 6.80. The van der Waals surface area contributed by atoms with Gasteiger partial charge in [0.15, 0.2) is 0 Å². The predicted octanol–water partition coefficient (Wildman–Crippen LogP) is 1.93. The first-order valence-electron chi connectivity index (χ1n) is 6.80. The van der Waals surface area contributed by atoms with E-state index in [0.29, 0.717) is 12.8 Å². The lowest BCUT2D eigenvalue weighted by Crippen LogP contribution is -2.57. The molecule has 3 heteroatoms. The van der Waals surface area contributed by atoms with E-state index in [1.54, 1.807) is 0 Å². The van der Waals surface area contributed by atoms with Crippen molar-refractivity contribution in [2.45, 2.75) is 52.2 Å². The van der Waals surface area contributed by atoms with Crippen LogP contribution >= 0.6 is 0 Å². The molecule has 0 bridgehead atoms. The van der Waals surface area contributed by atoms with Gasteiger partial charge in [-0.05, 0) is 30.6 Å². The fourth-order valence-electron chi connectivity index (χ4n) is 3.90. The van der Waals surface area contributed by atoms with Crippen LogP contribution in [0.5, 0.6) is 0 Å². The van der Waals surface area contributed by atoms with E-state index < -0.39 is 12.2 Å². The van der Waals surface area contributed by atoms with Crippen LogP contribution in [0.3, 0.4) is 0 Å². The molecule has 0 saturated heterocycles. The van der Waals surface area contributed by atoms with Gasteiger partial charge in [0, 0.05) is 18.8 Å². The van der Waals surface area contributed by atoms with Crippen LogP contribution in [0, 0.1) is 23.2 Å². The second-order valence-electron chi connectivity index (χ2n) is 6.60. The Morgan fingerprint density at radius 1 is 1.33 bits per heavy atom. The topological polar surface area (TPSA) is 57.5 Å². The van der Waals surface area contributed by atoms with Crippen molar-refractivity contribution in [1.29, 1.82) is 0 Å². The lowest BCUT2D eigenvalue weighted by molar-refractivity contribution is -0.161. The molecule has 3 nitrogen and oxygen atoms in total. The molecular formula is C15H24O3. The molecule has 0 spiro atoms. The smallest absolute Gasteiger partial charge is 0.133 e. The Bertz CT molecular complexity index is 376. The van der Waals surface area contributed by atoms with Crippen LogP contribution in [-0.2, 0) is 4.79 Å². The molecule has 2 N–H and O–H groups in total. The SMILES string of the molecule is C=C(C)[C@H]1C[C@@]2(C)[C@H](CC(=O)C[C@@H]2C)[C@H](O)[C@@H]1O. The van der Waals surface area contributed by atoms with Gasteiger partial charge < -0.3 is 10.2 Å². The number of hydrogen-bond acceptors (Lipinski definition) is 3. The highest BCUT2D eigenvalue weighted by Gasteiger charge is 2.54. The normalized spacial score (nSPS) is 48.7. The van der Waals surface area contributed by atoms with E-state index in [1.807, 2.05) is 6.92 Å². The molecule has 18 heavy (non-hydrogen) atoms. The predicted molar refractivity (Wildman–Crippen MR) is 69.9 cm³/mol. The maximum Gasteiger partial charge on any atom is 0.133 e. The molecule has 2 aliphatic rings. The summed E-state index contributed by atoms with van der Waals surface area (Å²) in [6.07, 6.45) is 0.233. The van der Waals surface area contributed by atoms with Gasteiger partial charge in [-0.25, -0.2) is 0 Å². The monoisotopic (exact) mass is 252 g/mol. The third-order valence-electron chi connectivity index (χ3n) is 5.42. The van der Waals surface area contributed by atoms with Crippen LogP contribution in [0.4, 0.5) is 0 Å². The third-order valence-corrected chi connectivity index (χ3v) is 5.42. The fraction of sp³-hybridized carbons (Fsp3) is 0.800. The highest BCUT2D eigenvalue weighted by Crippen LogP contribution is 2.54. The number of aliphatic hydroxyl groups is 2. The third kappa shape index (κ3) is 1.94. The average Bonchev–Trinajstić information content (AvgIpc) is 2.27. The summed E-state index contributed by atoms with van der Waals surface area (Å²) in [6, 6.07) is 0. The first kappa shape index (κ1) is 13.8. The zero-order valence-electron chi connectivity index (χ0n) is 11.5. The van der Waals surface area contributed by atoms with Crippen LogP contribution in [0.1, 0.15) is 40.0 Å². The van der Waals surface area contributed by atoms with Gasteiger partial charge in [-0.1, -0.05) is 26.0 Å². The Morgan fingerprint density at radius 2 is 1.94 bits per heavy atom.